The largest absolute Gasteiger partial charge is 0.468 e. The molecule has 1 N–H and O–H groups in total. The summed E-state index contributed by atoms with van der Waals surface area (Å²) in [7, 11) is 1.97. The Bertz CT molecular complexity index is 221. The van der Waals surface area contributed by atoms with Gasteiger partial charge in [0.1, 0.15) is 5.76 Å². The maximum atomic E-state index is 9.38. The molecule has 3 nitrogen and oxygen atoms in total. The summed E-state index contributed by atoms with van der Waals surface area (Å²) in [6.45, 7) is 3.42. The van der Waals surface area contributed by atoms with E-state index in [1.54, 1.807) is 6.26 Å². The van der Waals surface area contributed by atoms with Crippen molar-refractivity contribution in [3.63, 3.8) is 0 Å². The predicted octanol–water partition coefficient (Wildman–Crippen LogP) is 1.48. The van der Waals surface area contributed by atoms with Crippen LogP contribution in [0, 0.1) is 0 Å². The van der Waals surface area contributed by atoms with Gasteiger partial charge in [0.25, 0.3) is 0 Å². The second-order valence-corrected chi connectivity index (χ2v) is 3.34. The molecule has 0 spiro atoms. The number of nitrogens with zero attached hydrogens (tertiary/aromatic N) is 1. The molecule has 1 heterocycles. The quantitative estimate of drug-likeness (QED) is 0.751. The zero-order valence-electron chi connectivity index (χ0n) is 8.23. The van der Waals surface area contributed by atoms with Crippen molar-refractivity contribution in [3.8, 4) is 0 Å². The summed E-state index contributed by atoms with van der Waals surface area (Å²) in [5.41, 5.74) is 0. The molecule has 0 radical (unpaired) electrons. The van der Waals surface area contributed by atoms with Crippen LogP contribution in [0.15, 0.2) is 22.8 Å². The van der Waals surface area contributed by atoms with Crippen LogP contribution < -0.4 is 0 Å². The number of aliphatic hydroxyl groups excluding tert-OH is 1. The number of furan rings is 1. The van der Waals surface area contributed by atoms with E-state index < -0.39 is 0 Å². The smallest absolute Gasteiger partial charge is 0.117 e. The first-order chi connectivity index (χ1) is 6.22. The van der Waals surface area contributed by atoms with Crippen LogP contribution in [-0.2, 0) is 6.54 Å². The molecule has 0 saturated heterocycles. The monoisotopic (exact) mass is 183 g/mol. The Morgan fingerprint density at radius 1 is 1.62 bits per heavy atom. The molecule has 13 heavy (non-hydrogen) atoms. The highest BCUT2D eigenvalue weighted by Gasteiger charge is 2.07. The first kappa shape index (κ1) is 10.3. The van der Waals surface area contributed by atoms with Gasteiger partial charge < -0.3 is 9.52 Å². The minimum Gasteiger partial charge on any atom is -0.468 e. The van der Waals surface area contributed by atoms with E-state index in [1.807, 2.05) is 31.0 Å². The van der Waals surface area contributed by atoms with E-state index in [0.29, 0.717) is 6.54 Å². The Kier molecular flexibility index (Phi) is 3.99. The van der Waals surface area contributed by atoms with E-state index in [4.69, 9.17) is 4.42 Å². The predicted molar refractivity (Wildman–Crippen MR) is 51.3 cm³/mol. The number of rotatable bonds is 5. The number of aliphatic hydroxyl groups is 1. The fourth-order valence-corrected chi connectivity index (χ4v) is 1.22. The highest BCUT2D eigenvalue weighted by molar-refractivity contribution is 4.97. The summed E-state index contributed by atoms with van der Waals surface area (Å²) >= 11 is 0. The van der Waals surface area contributed by atoms with E-state index in [0.717, 1.165) is 18.7 Å². The maximum absolute atomic E-state index is 9.38. The minimum atomic E-state index is -0.236. The normalized spacial score (nSPS) is 13.5. The highest BCUT2D eigenvalue weighted by Crippen LogP contribution is 2.04. The number of likely N-dealkylation sites (N-methyl/N-ethyl adjacent to an activating group) is 1. The topological polar surface area (TPSA) is 36.6 Å². The van der Waals surface area contributed by atoms with Gasteiger partial charge in [-0.2, -0.15) is 0 Å². The molecule has 0 bridgehead atoms. The van der Waals surface area contributed by atoms with Crippen LogP contribution in [0.25, 0.3) is 0 Å². The summed E-state index contributed by atoms with van der Waals surface area (Å²) in [5, 5.41) is 9.38. The number of hydrogen-bond acceptors (Lipinski definition) is 3. The molecule has 0 aliphatic rings. The van der Waals surface area contributed by atoms with Crippen LogP contribution in [0.3, 0.4) is 0 Å². The standard InChI is InChI=1S/C10H17NO2/c1-3-9(12)7-11(2)8-10-5-4-6-13-10/h4-6,9,12H,3,7-8H2,1-2H3. The van der Waals surface area contributed by atoms with Gasteiger partial charge in [-0.25, -0.2) is 0 Å². The molecule has 0 saturated carbocycles. The third-order valence-corrected chi connectivity index (χ3v) is 2.00. The third-order valence-electron chi connectivity index (χ3n) is 2.00. The highest BCUT2D eigenvalue weighted by atomic mass is 16.3. The molecular formula is C10H17NO2. The Hall–Kier alpha value is -0.800. The first-order valence-corrected chi connectivity index (χ1v) is 4.61. The Balaban J connectivity index is 2.29. The van der Waals surface area contributed by atoms with E-state index in [1.165, 1.54) is 0 Å². The molecule has 1 aromatic rings. The summed E-state index contributed by atoms with van der Waals surface area (Å²) in [5.74, 6) is 0.936. The van der Waals surface area contributed by atoms with Gasteiger partial charge in [-0.15, -0.1) is 0 Å². The summed E-state index contributed by atoms with van der Waals surface area (Å²) in [6, 6.07) is 3.81. The summed E-state index contributed by atoms with van der Waals surface area (Å²) in [6.07, 6.45) is 2.22. The molecule has 0 aliphatic carbocycles. The molecule has 1 aromatic heterocycles. The summed E-state index contributed by atoms with van der Waals surface area (Å²) < 4.78 is 5.20. The molecular weight excluding hydrogens is 166 g/mol. The van der Waals surface area contributed by atoms with E-state index in [9.17, 15) is 5.11 Å². The van der Waals surface area contributed by atoms with Crippen molar-refractivity contribution in [2.24, 2.45) is 0 Å². The zero-order valence-corrected chi connectivity index (χ0v) is 8.23. The van der Waals surface area contributed by atoms with Gasteiger partial charge in [0, 0.05) is 6.54 Å². The molecule has 1 unspecified atom stereocenters. The fourth-order valence-electron chi connectivity index (χ4n) is 1.22. The molecule has 0 amide bonds. The molecule has 1 atom stereocenters. The van der Waals surface area contributed by atoms with Gasteiger partial charge in [-0.05, 0) is 25.6 Å². The van der Waals surface area contributed by atoms with E-state index >= 15 is 0 Å². The zero-order chi connectivity index (χ0) is 9.68. The van der Waals surface area contributed by atoms with Crippen molar-refractivity contribution in [1.29, 1.82) is 0 Å². The average Bonchev–Trinajstić information content (AvgIpc) is 2.56. The van der Waals surface area contributed by atoms with Crippen LogP contribution in [0.5, 0.6) is 0 Å². The van der Waals surface area contributed by atoms with Crippen LogP contribution in [0.1, 0.15) is 19.1 Å². The third kappa shape index (κ3) is 3.61. The van der Waals surface area contributed by atoms with Gasteiger partial charge >= 0.3 is 0 Å². The molecule has 0 fully saturated rings. The molecule has 74 valence electrons. The van der Waals surface area contributed by atoms with Gasteiger partial charge in [0.15, 0.2) is 0 Å². The lowest BCUT2D eigenvalue weighted by atomic mass is 10.2. The fraction of sp³-hybridized carbons (Fsp3) is 0.600. The van der Waals surface area contributed by atoms with Crippen molar-refractivity contribution in [1.82, 2.24) is 4.90 Å². The van der Waals surface area contributed by atoms with Crippen molar-refractivity contribution in [3.05, 3.63) is 24.2 Å². The van der Waals surface area contributed by atoms with Gasteiger partial charge in [-0.3, -0.25) is 4.90 Å². The minimum absolute atomic E-state index is 0.236. The van der Waals surface area contributed by atoms with Gasteiger partial charge in [0.05, 0.1) is 18.9 Å². The van der Waals surface area contributed by atoms with Crippen LogP contribution in [-0.4, -0.2) is 29.7 Å². The van der Waals surface area contributed by atoms with E-state index in [-0.39, 0.29) is 6.10 Å². The second kappa shape index (κ2) is 5.04. The first-order valence-electron chi connectivity index (χ1n) is 4.61. The van der Waals surface area contributed by atoms with Gasteiger partial charge in [-0.1, -0.05) is 6.92 Å². The molecule has 1 rings (SSSR count). The number of hydrogen-bond donors (Lipinski definition) is 1. The van der Waals surface area contributed by atoms with Crippen molar-refractivity contribution >= 4 is 0 Å². The average molecular weight is 183 g/mol. The van der Waals surface area contributed by atoms with Gasteiger partial charge in [0.2, 0.25) is 0 Å². The lowest BCUT2D eigenvalue weighted by Crippen LogP contribution is -2.28. The van der Waals surface area contributed by atoms with E-state index in [2.05, 4.69) is 0 Å². The van der Waals surface area contributed by atoms with Crippen LogP contribution in [0.4, 0.5) is 0 Å². The van der Waals surface area contributed by atoms with Crippen molar-refractivity contribution < 1.29 is 9.52 Å². The summed E-state index contributed by atoms with van der Waals surface area (Å²) in [4.78, 5) is 2.05. The Morgan fingerprint density at radius 2 is 2.38 bits per heavy atom. The molecule has 3 heteroatoms. The molecule has 0 aliphatic heterocycles. The van der Waals surface area contributed by atoms with Crippen molar-refractivity contribution in [2.75, 3.05) is 13.6 Å². The lowest BCUT2D eigenvalue weighted by molar-refractivity contribution is 0.116. The van der Waals surface area contributed by atoms with Crippen LogP contribution in [0.2, 0.25) is 0 Å². The molecule has 0 aromatic carbocycles. The van der Waals surface area contributed by atoms with Crippen LogP contribution >= 0.6 is 0 Å². The lowest BCUT2D eigenvalue weighted by Gasteiger charge is -2.18. The Labute approximate surface area is 79.0 Å². The second-order valence-electron chi connectivity index (χ2n) is 3.34. The SMILES string of the molecule is CCC(O)CN(C)Cc1ccco1. The maximum Gasteiger partial charge on any atom is 0.117 e. The Morgan fingerprint density at radius 3 is 2.92 bits per heavy atom. The van der Waals surface area contributed by atoms with Crippen molar-refractivity contribution in [2.45, 2.75) is 26.0 Å².